The van der Waals surface area contributed by atoms with Crippen molar-refractivity contribution in [1.82, 2.24) is 9.55 Å². The summed E-state index contributed by atoms with van der Waals surface area (Å²) in [6.45, 7) is 1.95. The minimum atomic E-state index is -0.500. The van der Waals surface area contributed by atoms with Crippen molar-refractivity contribution in [2.75, 3.05) is 11.9 Å². The third-order valence-electron chi connectivity index (χ3n) is 5.08. The largest absolute Gasteiger partial charge is 0.462 e. The van der Waals surface area contributed by atoms with Crippen molar-refractivity contribution in [2.24, 2.45) is 0 Å². The molecule has 0 unspecified atom stereocenters. The lowest BCUT2D eigenvalue weighted by atomic mass is 10.1. The standard InChI is InChI=1S/C24H20N4O6S/c1-2-10-34-24(31)15-6-8-17(9-7-15)26-20(29)12-27-14-25-22-21(23(27)30)19(13-35-22)16-4-3-5-18(11-16)28(32)33/h3-9,11,13-14H,2,10,12H2,1H3,(H,26,29). The number of thiophene rings is 1. The number of nitrogens with one attached hydrogen (secondary N) is 1. The number of nitro benzene ring substituents is 1. The molecule has 35 heavy (non-hydrogen) atoms. The third kappa shape index (κ3) is 5.25. The second kappa shape index (κ2) is 10.3. The molecule has 0 fully saturated rings. The molecule has 2 aromatic carbocycles. The van der Waals surface area contributed by atoms with Gasteiger partial charge in [0.2, 0.25) is 5.91 Å². The maximum absolute atomic E-state index is 13.2. The second-order valence-corrected chi connectivity index (χ2v) is 8.43. The quantitative estimate of drug-likeness (QED) is 0.221. The Morgan fingerprint density at radius 2 is 1.97 bits per heavy atom. The number of carbonyl (C=O) groups excluding carboxylic acids is 2. The predicted octanol–water partition coefficient (Wildman–Crippen LogP) is 4.24. The summed E-state index contributed by atoms with van der Waals surface area (Å²) in [6, 6.07) is 12.2. The van der Waals surface area contributed by atoms with Gasteiger partial charge in [-0.15, -0.1) is 11.3 Å². The summed E-state index contributed by atoms with van der Waals surface area (Å²) < 4.78 is 6.26. The van der Waals surface area contributed by atoms with Crippen molar-refractivity contribution >= 4 is 44.8 Å². The van der Waals surface area contributed by atoms with E-state index in [4.69, 9.17) is 4.74 Å². The van der Waals surface area contributed by atoms with E-state index in [-0.39, 0.29) is 12.2 Å². The number of anilines is 1. The van der Waals surface area contributed by atoms with Gasteiger partial charge in [0.25, 0.3) is 11.2 Å². The molecule has 0 aliphatic carbocycles. The summed E-state index contributed by atoms with van der Waals surface area (Å²) in [5, 5.41) is 15.8. The van der Waals surface area contributed by atoms with Crippen LogP contribution < -0.4 is 10.9 Å². The van der Waals surface area contributed by atoms with Crippen LogP contribution in [0, 0.1) is 10.1 Å². The number of aromatic nitrogens is 2. The number of benzene rings is 2. The maximum atomic E-state index is 13.2. The highest BCUT2D eigenvalue weighted by molar-refractivity contribution is 7.17. The van der Waals surface area contributed by atoms with Gasteiger partial charge in [-0.25, -0.2) is 9.78 Å². The molecule has 2 aromatic heterocycles. The zero-order valence-corrected chi connectivity index (χ0v) is 19.4. The molecule has 1 N–H and O–H groups in total. The molecule has 4 rings (SSSR count). The van der Waals surface area contributed by atoms with Gasteiger partial charge >= 0.3 is 5.97 Å². The zero-order valence-electron chi connectivity index (χ0n) is 18.6. The summed E-state index contributed by atoms with van der Waals surface area (Å²) in [4.78, 5) is 53.0. The minimum Gasteiger partial charge on any atom is -0.462 e. The number of fused-ring (bicyclic) bond motifs is 1. The van der Waals surface area contributed by atoms with Gasteiger partial charge in [-0.3, -0.25) is 24.3 Å². The fourth-order valence-electron chi connectivity index (χ4n) is 3.40. The van der Waals surface area contributed by atoms with Crippen molar-refractivity contribution in [3.05, 3.63) is 86.3 Å². The molecule has 0 saturated carbocycles. The number of rotatable bonds is 8. The van der Waals surface area contributed by atoms with Crippen molar-refractivity contribution in [2.45, 2.75) is 19.9 Å². The summed E-state index contributed by atoms with van der Waals surface area (Å²) in [7, 11) is 0. The van der Waals surface area contributed by atoms with Crippen LogP contribution in [0.3, 0.4) is 0 Å². The fraction of sp³-hybridized carbons (Fsp3) is 0.167. The number of nitrogens with zero attached hydrogens (tertiary/aromatic N) is 3. The van der Waals surface area contributed by atoms with E-state index >= 15 is 0 Å². The summed E-state index contributed by atoms with van der Waals surface area (Å²) >= 11 is 1.24. The van der Waals surface area contributed by atoms with E-state index in [1.165, 1.54) is 34.4 Å². The van der Waals surface area contributed by atoms with Crippen molar-refractivity contribution in [3.63, 3.8) is 0 Å². The smallest absolute Gasteiger partial charge is 0.338 e. The van der Waals surface area contributed by atoms with Crippen LogP contribution in [0.5, 0.6) is 0 Å². The number of nitro groups is 1. The van der Waals surface area contributed by atoms with Gasteiger partial charge in [0, 0.05) is 28.8 Å². The summed E-state index contributed by atoms with van der Waals surface area (Å²) in [6.07, 6.45) is 2.02. The fourth-order valence-corrected chi connectivity index (χ4v) is 4.31. The first-order chi connectivity index (χ1) is 16.9. The van der Waals surface area contributed by atoms with Gasteiger partial charge in [0.15, 0.2) is 0 Å². The van der Waals surface area contributed by atoms with Gasteiger partial charge in [-0.2, -0.15) is 0 Å². The van der Waals surface area contributed by atoms with Crippen LogP contribution in [-0.2, 0) is 16.1 Å². The Morgan fingerprint density at radius 1 is 1.20 bits per heavy atom. The summed E-state index contributed by atoms with van der Waals surface area (Å²) in [5.41, 5.74) is 1.35. The monoisotopic (exact) mass is 492 g/mol. The van der Waals surface area contributed by atoms with E-state index in [0.29, 0.717) is 39.2 Å². The Labute approximate surface area is 203 Å². The highest BCUT2D eigenvalue weighted by Crippen LogP contribution is 2.32. The lowest BCUT2D eigenvalue weighted by Crippen LogP contribution is -2.27. The van der Waals surface area contributed by atoms with E-state index in [1.807, 2.05) is 6.92 Å². The minimum absolute atomic E-state index is 0.0879. The molecule has 0 bridgehead atoms. The van der Waals surface area contributed by atoms with Crippen LogP contribution in [0.2, 0.25) is 0 Å². The Hall–Kier alpha value is -4.38. The third-order valence-corrected chi connectivity index (χ3v) is 5.97. The van der Waals surface area contributed by atoms with Crippen molar-refractivity contribution in [3.8, 4) is 11.1 Å². The van der Waals surface area contributed by atoms with Crippen LogP contribution in [-0.4, -0.2) is 33.0 Å². The molecule has 4 aromatic rings. The number of carbonyl (C=O) groups is 2. The molecule has 0 atom stereocenters. The molecule has 0 spiro atoms. The Balaban J connectivity index is 1.53. The molecule has 0 radical (unpaired) electrons. The first-order valence-electron chi connectivity index (χ1n) is 10.7. The highest BCUT2D eigenvalue weighted by atomic mass is 32.1. The number of ether oxygens (including phenoxy) is 1. The molecule has 0 aliphatic heterocycles. The van der Waals surface area contributed by atoms with E-state index < -0.39 is 22.4 Å². The SMILES string of the molecule is CCCOC(=O)c1ccc(NC(=O)Cn2cnc3scc(-c4cccc([N+](=O)[O-])c4)c3c2=O)cc1. The van der Waals surface area contributed by atoms with Crippen molar-refractivity contribution < 1.29 is 19.2 Å². The number of non-ortho nitro benzene ring substituents is 1. The van der Waals surface area contributed by atoms with Crippen LogP contribution in [0.25, 0.3) is 21.3 Å². The molecule has 0 aliphatic rings. The number of esters is 1. The first kappa shape index (κ1) is 23.8. The van der Waals surface area contributed by atoms with Crippen LogP contribution in [0.1, 0.15) is 23.7 Å². The van der Waals surface area contributed by atoms with E-state index in [2.05, 4.69) is 10.3 Å². The van der Waals surface area contributed by atoms with Crippen molar-refractivity contribution in [1.29, 1.82) is 0 Å². The molecule has 10 nitrogen and oxygen atoms in total. The summed E-state index contributed by atoms with van der Waals surface area (Å²) in [5.74, 6) is -0.896. The van der Waals surface area contributed by atoms with Gasteiger partial charge in [-0.05, 0) is 36.2 Å². The van der Waals surface area contributed by atoms with E-state index in [0.717, 1.165) is 6.42 Å². The molecule has 1 amide bonds. The second-order valence-electron chi connectivity index (χ2n) is 7.58. The van der Waals surface area contributed by atoms with E-state index in [9.17, 15) is 24.5 Å². The Kier molecular flexibility index (Phi) is 6.97. The Bertz CT molecular complexity index is 1480. The van der Waals surface area contributed by atoms with Gasteiger partial charge in [0.1, 0.15) is 11.4 Å². The predicted molar refractivity (Wildman–Crippen MR) is 132 cm³/mol. The normalized spacial score (nSPS) is 10.8. The number of hydrogen-bond donors (Lipinski definition) is 1. The molecular weight excluding hydrogens is 472 g/mol. The average Bonchev–Trinajstić information content (AvgIpc) is 3.30. The maximum Gasteiger partial charge on any atom is 0.338 e. The molecule has 2 heterocycles. The lowest BCUT2D eigenvalue weighted by Gasteiger charge is -2.09. The molecule has 11 heteroatoms. The first-order valence-corrected chi connectivity index (χ1v) is 11.5. The zero-order chi connectivity index (χ0) is 24.9. The van der Waals surface area contributed by atoms with Gasteiger partial charge < -0.3 is 10.1 Å². The Morgan fingerprint density at radius 3 is 2.69 bits per heavy atom. The molecule has 178 valence electrons. The topological polar surface area (TPSA) is 133 Å². The average molecular weight is 493 g/mol. The number of amides is 1. The van der Waals surface area contributed by atoms with Gasteiger partial charge in [0.05, 0.1) is 28.8 Å². The lowest BCUT2D eigenvalue weighted by molar-refractivity contribution is -0.384. The van der Waals surface area contributed by atoms with Gasteiger partial charge in [-0.1, -0.05) is 19.1 Å². The number of hydrogen-bond acceptors (Lipinski definition) is 8. The van der Waals surface area contributed by atoms with Crippen LogP contribution in [0.15, 0.2) is 65.0 Å². The highest BCUT2D eigenvalue weighted by Gasteiger charge is 2.17. The van der Waals surface area contributed by atoms with Crippen LogP contribution in [0.4, 0.5) is 11.4 Å². The van der Waals surface area contributed by atoms with Crippen LogP contribution >= 0.6 is 11.3 Å². The molecular formula is C24H20N4O6S. The van der Waals surface area contributed by atoms with E-state index in [1.54, 1.807) is 41.8 Å². The molecule has 0 saturated heterocycles.